The van der Waals surface area contributed by atoms with Gasteiger partial charge in [-0.3, -0.25) is 0 Å². The average molecular weight is 273 g/mol. The van der Waals surface area contributed by atoms with Gasteiger partial charge in [-0.05, 0) is 35.9 Å². The molecule has 1 aromatic rings. The van der Waals surface area contributed by atoms with Crippen molar-refractivity contribution in [3.8, 4) is 0 Å². The van der Waals surface area contributed by atoms with Crippen molar-refractivity contribution >= 4 is 0 Å². The topological polar surface area (TPSA) is 12.0 Å². The molecule has 1 N–H and O–H groups in total. The van der Waals surface area contributed by atoms with Gasteiger partial charge in [0.2, 0.25) is 0 Å². The van der Waals surface area contributed by atoms with Crippen LogP contribution in [0, 0.1) is 5.92 Å². The van der Waals surface area contributed by atoms with Crippen molar-refractivity contribution in [3.05, 3.63) is 35.4 Å². The largest absolute Gasteiger partial charge is 0.313 e. The van der Waals surface area contributed by atoms with E-state index < -0.39 is 0 Å². The van der Waals surface area contributed by atoms with Crippen molar-refractivity contribution < 1.29 is 0 Å². The van der Waals surface area contributed by atoms with E-state index in [4.69, 9.17) is 0 Å². The lowest BCUT2D eigenvalue weighted by Gasteiger charge is -2.31. The first-order chi connectivity index (χ1) is 9.52. The van der Waals surface area contributed by atoms with E-state index in [9.17, 15) is 0 Å². The van der Waals surface area contributed by atoms with Gasteiger partial charge in [0, 0.05) is 6.04 Å². The Kier molecular flexibility index (Phi) is 5.26. The van der Waals surface area contributed by atoms with E-state index in [-0.39, 0.29) is 5.41 Å². The van der Waals surface area contributed by atoms with Gasteiger partial charge >= 0.3 is 0 Å². The number of nitrogens with one attached hydrogen (secondary N) is 1. The van der Waals surface area contributed by atoms with E-state index in [2.05, 4.69) is 57.4 Å². The molecule has 0 spiro atoms. The third-order valence-electron chi connectivity index (χ3n) is 4.79. The fraction of sp³-hybridized carbons (Fsp3) is 0.684. The molecule has 1 heteroatoms. The Morgan fingerprint density at radius 1 is 1.10 bits per heavy atom. The van der Waals surface area contributed by atoms with Gasteiger partial charge in [-0.2, -0.15) is 0 Å². The fourth-order valence-corrected chi connectivity index (χ4v) is 3.64. The van der Waals surface area contributed by atoms with Crippen LogP contribution in [0.1, 0.15) is 76.5 Å². The van der Waals surface area contributed by atoms with Gasteiger partial charge in [0.25, 0.3) is 0 Å². The highest BCUT2D eigenvalue weighted by molar-refractivity contribution is 5.35. The SMILES string of the molecule is CNC(CC1CCCCC1)c1ccccc1C(C)(C)C. The summed E-state index contributed by atoms with van der Waals surface area (Å²) in [4.78, 5) is 0. The van der Waals surface area contributed by atoms with Crippen molar-refractivity contribution in [2.75, 3.05) is 7.05 Å². The molecule has 0 heterocycles. The second-order valence-corrected chi connectivity index (χ2v) is 7.42. The average Bonchev–Trinajstić information content (AvgIpc) is 2.45. The summed E-state index contributed by atoms with van der Waals surface area (Å²) in [5.74, 6) is 0.911. The van der Waals surface area contributed by atoms with Crippen LogP contribution in [0.3, 0.4) is 0 Å². The molecular formula is C19H31N. The number of hydrogen-bond acceptors (Lipinski definition) is 1. The lowest BCUT2D eigenvalue weighted by molar-refractivity contribution is 0.304. The molecule has 0 aromatic heterocycles. The zero-order valence-corrected chi connectivity index (χ0v) is 13.7. The summed E-state index contributed by atoms with van der Waals surface area (Å²) in [5, 5.41) is 3.58. The van der Waals surface area contributed by atoms with E-state index in [0.29, 0.717) is 6.04 Å². The molecule has 1 aliphatic rings. The highest BCUT2D eigenvalue weighted by Crippen LogP contribution is 2.35. The minimum Gasteiger partial charge on any atom is -0.313 e. The van der Waals surface area contributed by atoms with Crippen LogP contribution in [-0.2, 0) is 5.41 Å². The zero-order valence-electron chi connectivity index (χ0n) is 13.7. The molecule has 20 heavy (non-hydrogen) atoms. The van der Waals surface area contributed by atoms with Crippen LogP contribution < -0.4 is 5.32 Å². The van der Waals surface area contributed by atoms with Crippen molar-refractivity contribution in [1.82, 2.24) is 5.32 Å². The summed E-state index contributed by atoms with van der Waals surface area (Å²) in [5.41, 5.74) is 3.22. The summed E-state index contributed by atoms with van der Waals surface area (Å²) in [6.45, 7) is 6.96. The molecule has 0 amide bonds. The molecule has 1 saturated carbocycles. The third kappa shape index (κ3) is 3.85. The molecule has 1 aliphatic carbocycles. The first-order valence-corrected chi connectivity index (χ1v) is 8.29. The minimum atomic E-state index is 0.220. The number of benzene rings is 1. The van der Waals surface area contributed by atoms with Crippen molar-refractivity contribution in [1.29, 1.82) is 0 Å². The molecule has 1 atom stereocenters. The van der Waals surface area contributed by atoms with Crippen LogP contribution in [0.15, 0.2) is 24.3 Å². The maximum Gasteiger partial charge on any atom is 0.0323 e. The van der Waals surface area contributed by atoms with Crippen LogP contribution in [0.4, 0.5) is 0 Å². The van der Waals surface area contributed by atoms with Gasteiger partial charge in [0.15, 0.2) is 0 Å². The molecule has 1 aromatic carbocycles. The molecule has 0 radical (unpaired) electrons. The first kappa shape index (κ1) is 15.6. The number of hydrogen-bond donors (Lipinski definition) is 1. The maximum absolute atomic E-state index is 3.58. The molecule has 1 nitrogen and oxygen atoms in total. The predicted molar refractivity (Wildman–Crippen MR) is 88.1 cm³/mol. The van der Waals surface area contributed by atoms with E-state index in [1.54, 1.807) is 0 Å². The third-order valence-corrected chi connectivity index (χ3v) is 4.79. The van der Waals surface area contributed by atoms with Crippen LogP contribution in [0.5, 0.6) is 0 Å². The van der Waals surface area contributed by atoms with Crippen molar-refractivity contribution in [3.63, 3.8) is 0 Å². The molecule has 112 valence electrons. The Morgan fingerprint density at radius 3 is 2.35 bits per heavy atom. The van der Waals surface area contributed by atoms with E-state index in [1.807, 2.05) is 0 Å². The minimum absolute atomic E-state index is 0.220. The summed E-state index contributed by atoms with van der Waals surface area (Å²) >= 11 is 0. The predicted octanol–water partition coefficient (Wildman–Crippen LogP) is 5.22. The van der Waals surface area contributed by atoms with Gasteiger partial charge in [-0.25, -0.2) is 0 Å². The molecular weight excluding hydrogens is 242 g/mol. The molecule has 2 rings (SSSR count). The standard InChI is InChI=1S/C19H31N/c1-19(2,3)17-13-9-8-12-16(17)18(20-4)14-15-10-6-5-7-11-15/h8-9,12-13,15,18,20H,5-7,10-11,14H2,1-4H3. The second-order valence-electron chi connectivity index (χ2n) is 7.42. The Labute approximate surface area is 125 Å². The molecule has 0 bridgehead atoms. The zero-order chi connectivity index (χ0) is 14.6. The normalized spacial score (nSPS) is 19.0. The molecule has 0 aliphatic heterocycles. The van der Waals surface area contributed by atoms with Gasteiger partial charge in [-0.15, -0.1) is 0 Å². The van der Waals surface area contributed by atoms with Crippen LogP contribution >= 0.6 is 0 Å². The lowest BCUT2D eigenvalue weighted by atomic mass is 9.78. The molecule has 0 saturated heterocycles. The van der Waals surface area contributed by atoms with Crippen LogP contribution in [-0.4, -0.2) is 7.05 Å². The number of rotatable bonds is 4. The van der Waals surface area contributed by atoms with E-state index in [0.717, 1.165) is 5.92 Å². The first-order valence-electron chi connectivity index (χ1n) is 8.29. The fourth-order valence-electron chi connectivity index (χ4n) is 3.64. The molecule has 1 unspecified atom stereocenters. The molecule has 1 fully saturated rings. The highest BCUT2D eigenvalue weighted by atomic mass is 14.9. The van der Waals surface area contributed by atoms with Gasteiger partial charge in [0.05, 0.1) is 0 Å². The summed E-state index contributed by atoms with van der Waals surface area (Å²) < 4.78 is 0. The van der Waals surface area contributed by atoms with Gasteiger partial charge < -0.3 is 5.32 Å². The Hall–Kier alpha value is -0.820. The summed E-state index contributed by atoms with van der Waals surface area (Å²) in [7, 11) is 2.12. The van der Waals surface area contributed by atoms with Crippen LogP contribution in [0.2, 0.25) is 0 Å². The lowest BCUT2D eigenvalue weighted by Crippen LogP contribution is -2.25. The Balaban J connectivity index is 2.18. The maximum atomic E-state index is 3.58. The van der Waals surface area contributed by atoms with Crippen molar-refractivity contribution in [2.45, 2.75) is 70.8 Å². The van der Waals surface area contributed by atoms with E-state index >= 15 is 0 Å². The van der Waals surface area contributed by atoms with Crippen molar-refractivity contribution in [2.24, 2.45) is 5.92 Å². The van der Waals surface area contributed by atoms with E-state index in [1.165, 1.54) is 49.7 Å². The second kappa shape index (κ2) is 6.76. The Morgan fingerprint density at radius 2 is 1.75 bits per heavy atom. The van der Waals surface area contributed by atoms with Gasteiger partial charge in [0.1, 0.15) is 0 Å². The van der Waals surface area contributed by atoms with Crippen LogP contribution in [0.25, 0.3) is 0 Å². The summed E-state index contributed by atoms with van der Waals surface area (Å²) in [6, 6.07) is 9.51. The smallest absolute Gasteiger partial charge is 0.0323 e. The summed E-state index contributed by atoms with van der Waals surface area (Å²) in [6.07, 6.45) is 8.46. The highest BCUT2D eigenvalue weighted by Gasteiger charge is 2.24. The van der Waals surface area contributed by atoms with Gasteiger partial charge in [-0.1, -0.05) is 77.1 Å². The monoisotopic (exact) mass is 273 g/mol. The quantitative estimate of drug-likeness (QED) is 0.793. The Bertz CT molecular complexity index is 410.